The lowest BCUT2D eigenvalue weighted by Crippen LogP contribution is -2.48. The number of aryl methyl sites for hydroxylation is 2. The highest BCUT2D eigenvalue weighted by atomic mass is 16.5. The summed E-state index contributed by atoms with van der Waals surface area (Å²) >= 11 is 0. The summed E-state index contributed by atoms with van der Waals surface area (Å²) in [6.07, 6.45) is 6.28. The molecular formula is C21H23N3O3. The molecule has 0 saturated heterocycles. The van der Waals surface area contributed by atoms with Crippen LogP contribution in [0.3, 0.4) is 0 Å². The van der Waals surface area contributed by atoms with Crippen molar-refractivity contribution in [2.75, 3.05) is 6.61 Å². The zero-order valence-electron chi connectivity index (χ0n) is 15.4. The first-order valence-electron chi connectivity index (χ1n) is 9.53. The standard InChI is InChI=1S/C21H23N3O3/c1-21(12-22,14-7-8-14)24-19(25)11-27-20(26)13-6-9-18-16(10-13)15-4-2-3-5-17(15)23-18/h6,9-10,14,23H,2-5,7-8,11H2,1H3,(H,24,25)/t21-/m1/s1. The molecule has 4 rings (SSSR count). The topological polar surface area (TPSA) is 95.0 Å². The van der Waals surface area contributed by atoms with Crippen LogP contribution < -0.4 is 5.32 Å². The van der Waals surface area contributed by atoms with Crippen molar-refractivity contribution in [1.29, 1.82) is 5.26 Å². The second kappa shape index (κ2) is 6.73. The van der Waals surface area contributed by atoms with E-state index < -0.39 is 17.4 Å². The Balaban J connectivity index is 1.42. The highest BCUT2D eigenvalue weighted by Crippen LogP contribution is 2.39. The number of amides is 1. The van der Waals surface area contributed by atoms with Crippen LogP contribution in [0.15, 0.2) is 18.2 Å². The number of nitrogens with zero attached hydrogens (tertiary/aromatic N) is 1. The van der Waals surface area contributed by atoms with Crippen molar-refractivity contribution in [3.05, 3.63) is 35.0 Å². The summed E-state index contributed by atoms with van der Waals surface area (Å²) in [5.74, 6) is -0.786. The summed E-state index contributed by atoms with van der Waals surface area (Å²) in [5.41, 5.74) is 3.14. The van der Waals surface area contributed by atoms with E-state index in [0.29, 0.717) is 5.56 Å². The molecule has 1 fully saturated rings. The Hall–Kier alpha value is -2.81. The molecule has 2 aliphatic carbocycles. The zero-order chi connectivity index (χ0) is 19.0. The summed E-state index contributed by atoms with van der Waals surface area (Å²) in [5, 5.41) is 13.1. The molecule has 1 saturated carbocycles. The number of aromatic amines is 1. The molecule has 1 aromatic carbocycles. The van der Waals surface area contributed by atoms with Gasteiger partial charge >= 0.3 is 5.97 Å². The Morgan fingerprint density at radius 3 is 2.85 bits per heavy atom. The van der Waals surface area contributed by atoms with Gasteiger partial charge in [0.05, 0.1) is 11.6 Å². The van der Waals surface area contributed by atoms with Crippen molar-refractivity contribution in [2.45, 2.75) is 51.0 Å². The number of H-pyrrole nitrogens is 1. The Bertz CT molecular complexity index is 951. The van der Waals surface area contributed by atoms with E-state index >= 15 is 0 Å². The maximum absolute atomic E-state index is 12.4. The molecule has 0 bridgehead atoms. The van der Waals surface area contributed by atoms with Gasteiger partial charge in [-0.15, -0.1) is 0 Å². The molecule has 0 unspecified atom stereocenters. The molecule has 1 heterocycles. The van der Waals surface area contributed by atoms with Gasteiger partial charge in [0.2, 0.25) is 0 Å². The van der Waals surface area contributed by atoms with E-state index in [1.54, 1.807) is 13.0 Å². The molecule has 140 valence electrons. The fourth-order valence-corrected chi connectivity index (χ4v) is 3.96. The molecule has 1 amide bonds. The summed E-state index contributed by atoms with van der Waals surface area (Å²) in [6.45, 7) is 1.33. The molecule has 1 atom stereocenters. The van der Waals surface area contributed by atoms with E-state index in [4.69, 9.17) is 4.74 Å². The molecule has 27 heavy (non-hydrogen) atoms. The van der Waals surface area contributed by atoms with Gasteiger partial charge in [0, 0.05) is 16.6 Å². The second-order valence-electron chi connectivity index (χ2n) is 7.76. The maximum Gasteiger partial charge on any atom is 0.338 e. The number of nitriles is 1. The molecule has 1 aromatic heterocycles. The highest BCUT2D eigenvalue weighted by molar-refractivity contribution is 5.97. The van der Waals surface area contributed by atoms with Crippen LogP contribution in [0.1, 0.15) is 54.2 Å². The fraction of sp³-hybridized carbons (Fsp3) is 0.476. The SMILES string of the molecule is C[C@](C#N)(NC(=O)COC(=O)c1ccc2[nH]c3c(c2c1)CCCC3)C1CC1. The Kier molecular flexibility index (Phi) is 4.39. The average molecular weight is 365 g/mol. The monoisotopic (exact) mass is 365 g/mol. The quantitative estimate of drug-likeness (QED) is 0.796. The van der Waals surface area contributed by atoms with E-state index in [-0.39, 0.29) is 12.5 Å². The molecule has 6 heteroatoms. The van der Waals surface area contributed by atoms with Gasteiger partial charge in [0.1, 0.15) is 5.54 Å². The lowest BCUT2D eigenvalue weighted by Gasteiger charge is -2.22. The van der Waals surface area contributed by atoms with Crippen LogP contribution in [0.25, 0.3) is 10.9 Å². The van der Waals surface area contributed by atoms with Crippen molar-refractivity contribution in [3.63, 3.8) is 0 Å². The van der Waals surface area contributed by atoms with E-state index in [2.05, 4.69) is 16.4 Å². The molecule has 2 aliphatic rings. The van der Waals surface area contributed by atoms with E-state index in [1.165, 1.54) is 17.7 Å². The summed E-state index contributed by atoms with van der Waals surface area (Å²) < 4.78 is 5.18. The molecule has 2 aromatic rings. The van der Waals surface area contributed by atoms with Crippen LogP contribution in [0, 0.1) is 17.2 Å². The minimum Gasteiger partial charge on any atom is -0.452 e. The molecular weight excluding hydrogens is 342 g/mol. The number of carbonyl (C=O) groups excluding carboxylic acids is 2. The predicted octanol–water partition coefficient (Wildman–Crippen LogP) is 3.01. The average Bonchev–Trinajstić information content (AvgIpc) is 3.47. The van der Waals surface area contributed by atoms with Gasteiger partial charge in [-0.25, -0.2) is 4.79 Å². The predicted molar refractivity (Wildman–Crippen MR) is 100 cm³/mol. The first kappa shape index (κ1) is 17.6. The lowest BCUT2D eigenvalue weighted by atomic mass is 9.95. The third-order valence-electron chi connectivity index (χ3n) is 5.69. The number of esters is 1. The number of benzene rings is 1. The third kappa shape index (κ3) is 3.42. The summed E-state index contributed by atoms with van der Waals surface area (Å²) in [7, 11) is 0. The van der Waals surface area contributed by atoms with Gasteiger partial charge < -0.3 is 15.0 Å². The van der Waals surface area contributed by atoms with Crippen LogP contribution in [0.4, 0.5) is 0 Å². The normalized spacial score (nSPS) is 18.2. The van der Waals surface area contributed by atoms with Crippen molar-refractivity contribution in [2.24, 2.45) is 5.92 Å². The molecule has 0 aliphatic heterocycles. The summed E-state index contributed by atoms with van der Waals surface area (Å²) in [4.78, 5) is 27.9. The smallest absolute Gasteiger partial charge is 0.338 e. The van der Waals surface area contributed by atoms with Crippen LogP contribution in [-0.2, 0) is 22.4 Å². The van der Waals surface area contributed by atoms with Gasteiger partial charge in [-0.2, -0.15) is 5.26 Å². The highest BCUT2D eigenvalue weighted by Gasteiger charge is 2.43. The van der Waals surface area contributed by atoms with Gasteiger partial charge in [-0.1, -0.05) is 0 Å². The molecule has 0 spiro atoms. The number of hydrogen-bond donors (Lipinski definition) is 2. The largest absolute Gasteiger partial charge is 0.452 e. The summed E-state index contributed by atoms with van der Waals surface area (Å²) in [6, 6.07) is 7.62. The van der Waals surface area contributed by atoms with Crippen LogP contribution >= 0.6 is 0 Å². The zero-order valence-corrected chi connectivity index (χ0v) is 15.4. The van der Waals surface area contributed by atoms with E-state index in [0.717, 1.165) is 43.0 Å². The third-order valence-corrected chi connectivity index (χ3v) is 5.69. The van der Waals surface area contributed by atoms with E-state index in [9.17, 15) is 14.9 Å². The molecule has 6 nitrogen and oxygen atoms in total. The van der Waals surface area contributed by atoms with Gasteiger partial charge in [-0.05, 0) is 75.1 Å². The fourth-order valence-electron chi connectivity index (χ4n) is 3.96. The second-order valence-corrected chi connectivity index (χ2v) is 7.76. The minimum atomic E-state index is -0.882. The number of rotatable bonds is 5. The number of hydrogen-bond acceptors (Lipinski definition) is 4. The lowest BCUT2D eigenvalue weighted by molar-refractivity contribution is -0.125. The van der Waals surface area contributed by atoms with Gasteiger partial charge in [0.25, 0.3) is 5.91 Å². The Labute approximate surface area is 157 Å². The number of carbonyl (C=O) groups is 2. The van der Waals surface area contributed by atoms with Crippen molar-refractivity contribution < 1.29 is 14.3 Å². The number of nitrogens with one attached hydrogen (secondary N) is 2. The van der Waals surface area contributed by atoms with Crippen molar-refractivity contribution in [1.82, 2.24) is 10.3 Å². The Morgan fingerprint density at radius 1 is 1.33 bits per heavy atom. The van der Waals surface area contributed by atoms with Gasteiger partial charge in [0.15, 0.2) is 6.61 Å². The maximum atomic E-state index is 12.4. The van der Waals surface area contributed by atoms with Gasteiger partial charge in [-0.3, -0.25) is 4.79 Å². The minimum absolute atomic E-state index is 0.185. The van der Waals surface area contributed by atoms with Crippen LogP contribution in [0.2, 0.25) is 0 Å². The molecule has 0 radical (unpaired) electrons. The number of fused-ring (bicyclic) bond motifs is 3. The van der Waals surface area contributed by atoms with Crippen LogP contribution in [-0.4, -0.2) is 29.0 Å². The van der Waals surface area contributed by atoms with Crippen molar-refractivity contribution in [3.8, 4) is 6.07 Å². The van der Waals surface area contributed by atoms with Crippen molar-refractivity contribution >= 4 is 22.8 Å². The first-order chi connectivity index (χ1) is 13.0. The molecule has 2 N–H and O–H groups in total. The Morgan fingerprint density at radius 2 is 2.11 bits per heavy atom. The van der Waals surface area contributed by atoms with E-state index in [1.807, 2.05) is 12.1 Å². The van der Waals surface area contributed by atoms with Crippen LogP contribution in [0.5, 0.6) is 0 Å². The number of ether oxygens (including phenoxy) is 1. The number of aromatic nitrogens is 1. The first-order valence-corrected chi connectivity index (χ1v) is 9.53.